The maximum atomic E-state index is 13.4. The Labute approximate surface area is 224 Å². The molecule has 8 nitrogen and oxygen atoms in total. The zero-order chi connectivity index (χ0) is 27.1. The molecule has 196 valence electrons. The van der Waals surface area contributed by atoms with Crippen molar-refractivity contribution >= 4 is 46.9 Å². The quantitative estimate of drug-likeness (QED) is 0.278. The van der Waals surface area contributed by atoms with Gasteiger partial charge in [-0.25, -0.2) is 14.5 Å². The number of aromatic nitrogens is 1. The number of carbonyl (C=O) groups is 4. The van der Waals surface area contributed by atoms with Gasteiger partial charge in [0.25, 0.3) is 11.8 Å². The predicted molar refractivity (Wildman–Crippen MR) is 146 cm³/mol. The second-order valence-electron chi connectivity index (χ2n) is 9.52. The van der Waals surface area contributed by atoms with Gasteiger partial charge < -0.3 is 9.30 Å². The van der Waals surface area contributed by atoms with Crippen molar-refractivity contribution in [3.63, 3.8) is 0 Å². The molecular weight excluding hydrogens is 502 g/mol. The van der Waals surface area contributed by atoms with Gasteiger partial charge in [0.05, 0.1) is 17.9 Å². The third kappa shape index (κ3) is 4.26. The molecule has 1 aliphatic carbocycles. The molecule has 38 heavy (non-hydrogen) atoms. The first-order chi connectivity index (χ1) is 18.2. The summed E-state index contributed by atoms with van der Waals surface area (Å²) >= 11 is 1.60. The highest BCUT2D eigenvalue weighted by atomic mass is 32.1. The first-order valence-corrected chi connectivity index (χ1v) is 13.5. The number of ether oxygens (including phenoxy) is 1. The van der Waals surface area contributed by atoms with Crippen LogP contribution in [-0.2, 0) is 27.2 Å². The van der Waals surface area contributed by atoms with Crippen LogP contribution in [0.4, 0.5) is 10.5 Å². The molecular formula is C29H29N3O5S. The zero-order valence-electron chi connectivity index (χ0n) is 21.8. The molecule has 0 unspecified atom stereocenters. The maximum Gasteiger partial charge on any atom is 0.341 e. The standard InChI is InChI=1S/C29H29N3O5S/c1-5-37-28(35)24-20-11-7-9-13-23(20)38-27(24)31-17(3)14-19(18(31)4)15-21-25(33)30-29(36)32(26(21)34)22-12-8-6-10-16(22)2/h6,8,10,12,14-15H,5,7,9,11,13H2,1-4H3,(H,30,33,36)/b21-15+. The third-order valence-electron chi connectivity index (χ3n) is 7.06. The second kappa shape index (κ2) is 10.1. The van der Waals surface area contributed by atoms with Crippen molar-refractivity contribution in [3.8, 4) is 5.00 Å². The summed E-state index contributed by atoms with van der Waals surface area (Å²) in [7, 11) is 0. The number of thiophene rings is 1. The number of nitrogens with one attached hydrogen (secondary N) is 1. The van der Waals surface area contributed by atoms with Crippen molar-refractivity contribution in [1.29, 1.82) is 0 Å². The minimum Gasteiger partial charge on any atom is -0.462 e. The number of para-hydroxylation sites is 1. The number of hydrogen-bond acceptors (Lipinski definition) is 6. The normalized spacial score (nSPS) is 16.6. The van der Waals surface area contributed by atoms with Crippen molar-refractivity contribution < 1.29 is 23.9 Å². The summed E-state index contributed by atoms with van der Waals surface area (Å²) in [5.74, 6) is -1.76. The van der Waals surface area contributed by atoms with E-state index < -0.39 is 17.8 Å². The molecule has 1 fully saturated rings. The molecule has 0 spiro atoms. The summed E-state index contributed by atoms with van der Waals surface area (Å²) in [5, 5.41) is 3.09. The summed E-state index contributed by atoms with van der Waals surface area (Å²) in [6.07, 6.45) is 5.41. The number of fused-ring (bicyclic) bond motifs is 1. The lowest BCUT2D eigenvalue weighted by Gasteiger charge is -2.27. The monoisotopic (exact) mass is 531 g/mol. The molecule has 1 aliphatic heterocycles. The number of nitrogens with zero attached hydrogens (tertiary/aromatic N) is 2. The molecule has 0 bridgehead atoms. The lowest BCUT2D eigenvalue weighted by atomic mass is 9.95. The number of esters is 1. The molecule has 0 radical (unpaired) electrons. The summed E-state index contributed by atoms with van der Waals surface area (Å²) in [5.41, 5.74) is 4.98. The Morgan fingerprint density at radius 3 is 2.58 bits per heavy atom. The number of barbiturate groups is 1. The third-order valence-corrected chi connectivity index (χ3v) is 8.34. The minimum absolute atomic E-state index is 0.135. The number of carbonyl (C=O) groups excluding carboxylic acids is 4. The van der Waals surface area contributed by atoms with Gasteiger partial charge in [-0.05, 0) is 88.3 Å². The van der Waals surface area contributed by atoms with E-state index in [0.29, 0.717) is 16.8 Å². The molecule has 1 N–H and O–H groups in total. The van der Waals surface area contributed by atoms with E-state index in [-0.39, 0.29) is 18.1 Å². The Morgan fingerprint density at radius 1 is 1.11 bits per heavy atom. The molecule has 1 saturated heterocycles. The van der Waals surface area contributed by atoms with E-state index in [1.165, 1.54) is 11.0 Å². The van der Waals surface area contributed by atoms with E-state index in [1.807, 2.05) is 30.5 Å². The Bertz CT molecular complexity index is 1530. The van der Waals surface area contributed by atoms with Crippen LogP contribution in [0.15, 0.2) is 35.9 Å². The zero-order valence-corrected chi connectivity index (χ0v) is 22.7. The lowest BCUT2D eigenvalue weighted by molar-refractivity contribution is -0.122. The van der Waals surface area contributed by atoms with Crippen LogP contribution in [0.5, 0.6) is 0 Å². The molecule has 0 atom stereocenters. The largest absolute Gasteiger partial charge is 0.462 e. The van der Waals surface area contributed by atoms with Crippen LogP contribution in [0.3, 0.4) is 0 Å². The van der Waals surface area contributed by atoms with Crippen LogP contribution in [0.25, 0.3) is 11.1 Å². The van der Waals surface area contributed by atoms with E-state index in [9.17, 15) is 19.2 Å². The molecule has 9 heteroatoms. The lowest BCUT2D eigenvalue weighted by Crippen LogP contribution is -2.54. The van der Waals surface area contributed by atoms with Crippen LogP contribution in [-0.4, -0.2) is 35.0 Å². The highest BCUT2D eigenvalue weighted by Crippen LogP contribution is 2.39. The van der Waals surface area contributed by atoms with E-state index in [4.69, 9.17) is 4.74 Å². The van der Waals surface area contributed by atoms with Crippen molar-refractivity contribution in [2.45, 2.75) is 53.4 Å². The molecule has 5 rings (SSSR count). The number of amides is 4. The van der Waals surface area contributed by atoms with Crippen LogP contribution in [0.1, 0.15) is 63.1 Å². The average molecular weight is 532 g/mol. The number of urea groups is 1. The van der Waals surface area contributed by atoms with Crippen LogP contribution in [0, 0.1) is 20.8 Å². The fourth-order valence-electron chi connectivity index (χ4n) is 5.22. The van der Waals surface area contributed by atoms with Crippen molar-refractivity contribution in [3.05, 3.63) is 74.4 Å². The van der Waals surface area contributed by atoms with Gasteiger partial charge in [-0.1, -0.05) is 18.2 Å². The van der Waals surface area contributed by atoms with Gasteiger partial charge in [-0.2, -0.15) is 0 Å². The Balaban J connectivity index is 1.60. The predicted octanol–water partition coefficient (Wildman–Crippen LogP) is 5.19. The van der Waals surface area contributed by atoms with Crippen LogP contribution < -0.4 is 10.2 Å². The first kappa shape index (κ1) is 25.7. The topological polar surface area (TPSA) is 97.7 Å². The van der Waals surface area contributed by atoms with Gasteiger partial charge in [-0.15, -0.1) is 11.3 Å². The van der Waals surface area contributed by atoms with Crippen molar-refractivity contribution in [2.75, 3.05) is 11.5 Å². The molecule has 3 aromatic rings. The van der Waals surface area contributed by atoms with E-state index in [0.717, 1.165) is 58.1 Å². The number of hydrogen-bond donors (Lipinski definition) is 1. The Hall–Kier alpha value is -3.98. The Kier molecular flexibility index (Phi) is 6.79. The van der Waals surface area contributed by atoms with Gasteiger partial charge >= 0.3 is 12.0 Å². The van der Waals surface area contributed by atoms with Crippen molar-refractivity contribution in [1.82, 2.24) is 9.88 Å². The molecule has 0 saturated carbocycles. The van der Waals surface area contributed by atoms with Gasteiger partial charge in [0.15, 0.2) is 0 Å². The number of anilines is 1. The van der Waals surface area contributed by atoms with Crippen LogP contribution in [0.2, 0.25) is 0 Å². The number of rotatable bonds is 5. The fourth-order valence-corrected chi connectivity index (χ4v) is 6.70. The molecule has 1 aromatic carbocycles. The summed E-state index contributed by atoms with van der Waals surface area (Å²) in [6, 6.07) is 8.12. The highest BCUT2D eigenvalue weighted by Gasteiger charge is 2.38. The SMILES string of the molecule is CCOC(=O)c1c(-n2c(C)cc(/C=C3\C(=O)NC(=O)N(c4ccccc4C)C3=O)c2C)sc2c1CCCC2. The first-order valence-electron chi connectivity index (χ1n) is 12.7. The van der Waals surface area contributed by atoms with E-state index in [2.05, 4.69) is 5.32 Å². The van der Waals surface area contributed by atoms with E-state index in [1.54, 1.807) is 43.4 Å². The average Bonchev–Trinajstić information content (AvgIpc) is 3.38. The highest BCUT2D eigenvalue weighted by molar-refractivity contribution is 7.15. The molecule has 3 heterocycles. The minimum atomic E-state index is -0.778. The van der Waals surface area contributed by atoms with E-state index >= 15 is 0 Å². The summed E-state index contributed by atoms with van der Waals surface area (Å²) < 4.78 is 7.43. The molecule has 2 aliphatic rings. The van der Waals surface area contributed by atoms with Gasteiger partial charge in [0, 0.05) is 16.3 Å². The molecule has 4 amide bonds. The fraction of sp³-hybridized carbons (Fsp3) is 0.310. The van der Waals surface area contributed by atoms with Gasteiger partial charge in [0.2, 0.25) is 0 Å². The van der Waals surface area contributed by atoms with Crippen molar-refractivity contribution in [2.24, 2.45) is 0 Å². The molecule has 2 aromatic heterocycles. The number of benzene rings is 1. The van der Waals surface area contributed by atoms with Gasteiger partial charge in [-0.3, -0.25) is 14.9 Å². The number of aryl methyl sites for hydroxylation is 3. The number of imide groups is 2. The maximum absolute atomic E-state index is 13.4. The summed E-state index contributed by atoms with van der Waals surface area (Å²) in [6.45, 7) is 7.70. The second-order valence-corrected chi connectivity index (χ2v) is 10.6. The summed E-state index contributed by atoms with van der Waals surface area (Å²) in [4.78, 5) is 54.1. The van der Waals surface area contributed by atoms with Crippen LogP contribution >= 0.6 is 11.3 Å². The Morgan fingerprint density at radius 2 is 1.84 bits per heavy atom. The smallest absolute Gasteiger partial charge is 0.341 e. The van der Waals surface area contributed by atoms with Gasteiger partial charge in [0.1, 0.15) is 10.6 Å².